The van der Waals surface area contributed by atoms with Crippen LogP contribution >= 0.6 is 7.92 Å². The van der Waals surface area contributed by atoms with Crippen molar-refractivity contribution in [1.29, 1.82) is 0 Å². The van der Waals surface area contributed by atoms with Gasteiger partial charge in [0.2, 0.25) is 0 Å². The highest BCUT2D eigenvalue weighted by atomic mass is 31.1. The van der Waals surface area contributed by atoms with Crippen molar-refractivity contribution >= 4 is 7.92 Å². The summed E-state index contributed by atoms with van der Waals surface area (Å²) in [6.45, 7) is 4.70. The highest BCUT2D eigenvalue weighted by Crippen LogP contribution is 2.49. The van der Waals surface area contributed by atoms with Gasteiger partial charge >= 0.3 is 0 Å². The van der Waals surface area contributed by atoms with E-state index in [-0.39, 0.29) is 0 Å². The first kappa shape index (κ1) is 5.56. The minimum absolute atomic E-state index is 0.543. The van der Waals surface area contributed by atoms with Gasteiger partial charge in [0.25, 0.3) is 0 Å². The Bertz CT molecular complexity index is 55.2. The van der Waals surface area contributed by atoms with Crippen molar-refractivity contribution in [3.05, 3.63) is 0 Å². The Morgan fingerprint density at radius 2 is 1.86 bits per heavy atom. The molecule has 1 saturated heterocycles. The first-order valence-corrected chi connectivity index (χ1v) is 4.83. The maximum absolute atomic E-state index is 2.35. The maximum Gasteiger partial charge on any atom is -0.0266 e. The van der Waals surface area contributed by atoms with Gasteiger partial charge in [0.1, 0.15) is 0 Å². The minimum Gasteiger partial charge on any atom is -0.104 e. The minimum atomic E-state index is 0.543. The molecule has 0 spiro atoms. The van der Waals surface area contributed by atoms with E-state index in [2.05, 4.69) is 13.8 Å². The van der Waals surface area contributed by atoms with Crippen LogP contribution < -0.4 is 0 Å². The Hall–Kier alpha value is 0.430. The van der Waals surface area contributed by atoms with Gasteiger partial charge in [-0.2, -0.15) is 0 Å². The molecule has 0 radical (unpaired) electrons. The summed E-state index contributed by atoms with van der Waals surface area (Å²) < 4.78 is 0. The van der Waals surface area contributed by atoms with E-state index in [1.165, 1.54) is 6.42 Å². The summed E-state index contributed by atoms with van der Waals surface area (Å²) in [5.41, 5.74) is 1.02. The molecule has 1 rings (SSSR count). The predicted molar refractivity (Wildman–Crippen MR) is 36.4 cm³/mol. The monoisotopic (exact) mass is 116 g/mol. The molecule has 0 aliphatic carbocycles. The molecule has 1 heteroatoms. The Labute approximate surface area is 47.1 Å². The second-order valence-corrected chi connectivity index (χ2v) is 5.59. The molecule has 1 aliphatic rings. The predicted octanol–water partition coefficient (Wildman–Crippen LogP) is 2.28. The number of hydrogen-bond donors (Lipinski definition) is 0. The summed E-state index contributed by atoms with van der Waals surface area (Å²) in [5.74, 6) is 0. The Balaban J connectivity index is 2.14. The fraction of sp³-hybridized carbons (Fsp3) is 1.00. The molecule has 0 atom stereocenters. The first-order chi connectivity index (χ1) is 3.30. The number of hydrogen-bond acceptors (Lipinski definition) is 0. The molecule has 0 saturated carbocycles. The lowest BCUT2D eigenvalue weighted by Crippen LogP contribution is -2.10. The molecule has 0 aromatic rings. The van der Waals surface area contributed by atoms with E-state index in [1.807, 2.05) is 0 Å². The lowest BCUT2D eigenvalue weighted by atomic mass is 10.5. The highest BCUT2D eigenvalue weighted by Gasteiger charge is 2.18. The molecular formula is C6H13P. The third-order valence-corrected chi connectivity index (χ3v) is 4.86. The van der Waals surface area contributed by atoms with Crippen molar-refractivity contribution in [2.24, 2.45) is 0 Å². The van der Waals surface area contributed by atoms with Crippen LogP contribution in [0.1, 0.15) is 20.3 Å². The normalized spacial score (nSPS) is 22.7. The van der Waals surface area contributed by atoms with E-state index in [0.717, 1.165) is 5.66 Å². The summed E-state index contributed by atoms with van der Waals surface area (Å²) in [5, 5.41) is 0. The van der Waals surface area contributed by atoms with Gasteiger partial charge in [-0.25, -0.2) is 0 Å². The molecule has 1 aliphatic heterocycles. The van der Waals surface area contributed by atoms with Crippen LogP contribution in [0.5, 0.6) is 0 Å². The van der Waals surface area contributed by atoms with Crippen molar-refractivity contribution in [2.75, 3.05) is 12.3 Å². The summed E-state index contributed by atoms with van der Waals surface area (Å²) in [7, 11) is 0.543. The standard InChI is InChI=1S/C6H13P/c1-6(2)7-4-3-5-7/h6H,3-5H2,1-2H3. The Morgan fingerprint density at radius 1 is 1.29 bits per heavy atom. The van der Waals surface area contributed by atoms with Gasteiger partial charge in [0, 0.05) is 0 Å². The fourth-order valence-corrected chi connectivity index (χ4v) is 2.57. The molecule has 0 aromatic carbocycles. The van der Waals surface area contributed by atoms with Crippen LogP contribution in [0.2, 0.25) is 0 Å². The van der Waals surface area contributed by atoms with Crippen LogP contribution in [0.4, 0.5) is 0 Å². The number of rotatable bonds is 1. The van der Waals surface area contributed by atoms with Crippen molar-refractivity contribution in [3.8, 4) is 0 Å². The molecule has 0 nitrogen and oxygen atoms in total. The molecule has 7 heavy (non-hydrogen) atoms. The van der Waals surface area contributed by atoms with E-state index in [0.29, 0.717) is 7.92 Å². The quantitative estimate of drug-likeness (QED) is 0.461. The summed E-state index contributed by atoms with van der Waals surface area (Å²) >= 11 is 0. The van der Waals surface area contributed by atoms with Crippen LogP contribution in [-0.2, 0) is 0 Å². The molecule has 1 fully saturated rings. The first-order valence-electron chi connectivity index (χ1n) is 3.05. The van der Waals surface area contributed by atoms with Crippen molar-refractivity contribution in [1.82, 2.24) is 0 Å². The fourth-order valence-electron chi connectivity index (χ4n) is 0.857. The average molecular weight is 116 g/mol. The second-order valence-electron chi connectivity index (χ2n) is 2.48. The lowest BCUT2D eigenvalue weighted by Gasteiger charge is -2.29. The zero-order chi connectivity index (χ0) is 5.28. The third-order valence-electron chi connectivity index (χ3n) is 1.62. The van der Waals surface area contributed by atoms with Crippen LogP contribution in [0, 0.1) is 0 Å². The molecule has 0 aromatic heterocycles. The van der Waals surface area contributed by atoms with Gasteiger partial charge in [-0.3, -0.25) is 0 Å². The van der Waals surface area contributed by atoms with Crippen molar-refractivity contribution in [3.63, 3.8) is 0 Å². The molecule has 0 N–H and O–H groups in total. The molecule has 0 amide bonds. The Morgan fingerprint density at radius 3 is 1.86 bits per heavy atom. The van der Waals surface area contributed by atoms with E-state index in [1.54, 1.807) is 12.3 Å². The van der Waals surface area contributed by atoms with E-state index >= 15 is 0 Å². The lowest BCUT2D eigenvalue weighted by molar-refractivity contribution is 0.954. The van der Waals surface area contributed by atoms with Crippen molar-refractivity contribution in [2.45, 2.75) is 25.9 Å². The van der Waals surface area contributed by atoms with E-state index in [9.17, 15) is 0 Å². The smallest absolute Gasteiger partial charge is 0.0266 e. The third kappa shape index (κ3) is 1.16. The van der Waals surface area contributed by atoms with Gasteiger partial charge in [-0.1, -0.05) is 13.8 Å². The molecule has 1 heterocycles. The molecular weight excluding hydrogens is 103 g/mol. The van der Waals surface area contributed by atoms with Gasteiger partial charge in [-0.05, 0) is 24.4 Å². The van der Waals surface area contributed by atoms with Crippen LogP contribution in [0.25, 0.3) is 0 Å². The second kappa shape index (κ2) is 2.13. The van der Waals surface area contributed by atoms with Gasteiger partial charge in [0.05, 0.1) is 0 Å². The maximum atomic E-state index is 2.35. The summed E-state index contributed by atoms with van der Waals surface area (Å²) in [4.78, 5) is 0. The highest BCUT2D eigenvalue weighted by molar-refractivity contribution is 7.59. The molecule has 0 bridgehead atoms. The average Bonchev–Trinajstić information content (AvgIpc) is 1.23. The Kier molecular flexibility index (Phi) is 1.69. The van der Waals surface area contributed by atoms with Crippen LogP contribution in [0.15, 0.2) is 0 Å². The molecule has 0 unspecified atom stereocenters. The largest absolute Gasteiger partial charge is 0.104 e. The molecule has 42 valence electrons. The summed E-state index contributed by atoms with van der Waals surface area (Å²) in [6.07, 6.45) is 4.64. The zero-order valence-corrected chi connectivity index (χ0v) is 6.04. The van der Waals surface area contributed by atoms with Gasteiger partial charge in [-0.15, -0.1) is 7.92 Å². The van der Waals surface area contributed by atoms with E-state index in [4.69, 9.17) is 0 Å². The van der Waals surface area contributed by atoms with Crippen LogP contribution in [0.3, 0.4) is 0 Å². The zero-order valence-electron chi connectivity index (χ0n) is 5.15. The topological polar surface area (TPSA) is 0 Å². The summed E-state index contributed by atoms with van der Waals surface area (Å²) in [6, 6.07) is 0. The van der Waals surface area contributed by atoms with Crippen molar-refractivity contribution < 1.29 is 0 Å². The van der Waals surface area contributed by atoms with Crippen LogP contribution in [-0.4, -0.2) is 18.0 Å². The SMILES string of the molecule is CC(C)P1CCC1. The van der Waals surface area contributed by atoms with Gasteiger partial charge in [0.15, 0.2) is 0 Å². The van der Waals surface area contributed by atoms with E-state index < -0.39 is 0 Å². The van der Waals surface area contributed by atoms with Gasteiger partial charge < -0.3 is 0 Å².